The molecule has 5 nitrogen and oxygen atoms in total. The standard InChI is InChI=1S/C27H21Cl2NO4/c28-18-8-5-16(6-9-18)26(31)17-7-14-23-22(15-17)24(29)25(27(32)33)30(23)19-10-12-21(13-11-19)34-20-3-1-2-4-20/h5-15,20H,1-4H2,(H,32,33). The second kappa shape index (κ2) is 9.16. The minimum absolute atomic E-state index is 0.0581. The molecule has 0 saturated heterocycles. The van der Waals surface area contributed by atoms with Crippen molar-refractivity contribution in [1.29, 1.82) is 0 Å². The zero-order valence-electron chi connectivity index (χ0n) is 18.1. The Morgan fingerprint density at radius 2 is 1.53 bits per heavy atom. The van der Waals surface area contributed by atoms with Crippen LogP contribution in [0.15, 0.2) is 66.7 Å². The van der Waals surface area contributed by atoms with Crippen molar-refractivity contribution in [3.05, 3.63) is 93.6 Å². The average molecular weight is 494 g/mol. The molecule has 0 atom stereocenters. The Morgan fingerprint density at radius 3 is 2.18 bits per heavy atom. The van der Waals surface area contributed by atoms with E-state index in [9.17, 15) is 14.7 Å². The topological polar surface area (TPSA) is 68.5 Å². The number of benzene rings is 3. The van der Waals surface area contributed by atoms with Crippen molar-refractivity contribution in [3.8, 4) is 11.4 Å². The molecule has 0 radical (unpaired) electrons. The van der Waals surface area contributed by atoms with E-state index in [-0.39, 0.29) is 22.6 Å². The summed E-state index contributed by atoms with van der Waals surface area (Å²) in [6, 6.07) is 19.0. The van der Waals surface area contributed by atoms with Gasteiger partial charge in [-0.15, -0.1) is 0 Å². The number of rotatable bonds is 6. The number of carbonyl (C=O) groups excluding carboxylic acids is 1. The first-order chi connectivity index (χ1) is 16.4. The largest absolute Gasteiger partial charge is 0.490 e. The summed E-state index contributed by atoms with van der Waals surface area (Å²) in [5.41, 5.74) is 2.07. The molecule has 0 aliphatic heterocycles. The van der Waals surface area contributed by atoms with Gasteiger partial charge in [0, 0.05) is 27.2 Å². The van der Waals surface area contributed by atoms with Gasteiger partial charge in [-0.2, -0.15) is 0 Å². The molecule has 1 heterocycles. The Kier molecular flexibility index (Phi) is 6.07. The van der Waals surface area contributed by atoms with E-state index in [1.54, 1.807) is 47.0 Å². The number of ketones is 1. The fourth-order valence-electron chi connectivity index (χ4n) is 4.49. The van der Waals surface area contributed by atoms with E-state index in [2.05, 4.69) is 0 Å². The smallest absolute Gasteiger partial charge is 0.354 e. The van der Waals surface area contributed by atoms with E-state index in [1.165, 1.54) is 12.8 Å². The lowest BCUT2D eigenvalue weighted by Crippen LogP contribution is -2.11. The summed E-state index contributed by atoms with van der Waals surface area (Å²) in [7, 11) is 0. The first-order valence-electron chi connectivity index (χ1n) is 11.1. The van der Waals surface area contributed by atoms with E-state index >= 15 is 0 Å². The number of halogens is 2. The lowest BCUT2D eigenvalue weighted by atomic mass is 10.0. The number of aromatic carboxylic acids is 1. The van der Waals surface area contributed by atoms with Crippen LogP contribution in [0.2, 0.25) is 10.0 Å². The summed E-state index contributed by atoms with van der Waals surface area (Å²) >= 11 is 12.5. The minimum Gasteiger partial charge on any atom is -0.490 e. The molecular weight excluding hydrogens is 473 g/mol. The number of carboxylic acids is 1. The normalized spacial score (nSPS) is 13.9. The number of hydrogen-bond acceptors (Lipinski definition) is 3. The molecule has 5 rings (SSSR count). The summed E-state index contributed by atoms with van der Waals surface area (Å²) < 4.78 is 7.62. The van der Waals surface area contributed by atoms with Crippen molar-refractivity contribution in [1.82, 2.24) is 4.57 Å². The van der Waals surface area contributed by atoms with Gasteiger partial charge in [0.25, 0.3) is 0 Å². The molecule has 0 unspecified atom stereocenters. The summed E-state index contributed by atoms with van der Waals surface area (Å²) in [4.78, 5) is 25.1. The maximum absolute atomic E-state index is 13.0. The van der Waals surface area contributed by atoms with Crippen molar-refractivity contribution in [3.63, 3.8) is 0 Å². The van der Waals surface area contributed by atoms with E-state index < -0.39 is 5.97 Å². The third-order valence-corrected chi connectivity index (χ3v) is 6.81. The SMILES string of the molecule is O=C(c1ccc(Cl)cc1)c1ccc2c(c1)c(Cl)c(C(=O)O)n2-c1ccc(OC2CCCC2)cc1. The summed E-state index contributed by atoms with van der Waals surface area (Å²) in [6.07, 6.45) is 4.71. The quantitative estimate of drug-likeness (QED) is 0.288. The zero-order chi connectivity index (χ0) is 23.8. The molecule has 1 saturated carbocycles. The molecule has 0 spiro atoms. The van der Waals surface area contributed by atoms with Crippen LogP contribution in [0.4, 0.5) is 0 Å². The number of nitrogens with zero attached hydrogens (tertiary/aromatic N) is 1. The second-order valence-electron chi connectivity index (χ2n) is 8.39. The minimum atomic E-state index is -1.15. The van der Waals surface area contributed by atoms with Crippen LogP contribution in [-0.2, 0) is 0 Å². The molecular formula is C27H21Cl2NO4. The van der Waals surface area contributed by atoms with Gasteiger partial charge in [0.2, 0.25) is 0 Å². The predicted octanol–water partition coefficient (Wildman–Crippen LogP) is 7.19. The van der Waals surface area contributed by atoms with Crippen LogP contribution < -0.4 is 4.74 Å². The van der Waals surface area contributed by atoms with Gasteiger partial charge in [0.15, 0.2) is 11.5 Å². The maximum atomic E-state index is 13.0. The molecule has 0 amide bonds. The highest BCUT2D eigenvalue weighted by Gasteiger charge is 2.24. The number of aromatic nitrogens is 1. The fraction of sp³-hybridized carbons (Fsp3) is 0.185. The van der Waals surface area contributed by atoms with Crippen molar-refractivity contribution in [2.75, 3.05) is 0 Å². The van der Waals surface area contributed by atoms with Crippen molar-refractivity contribution >= 4 is 45.9 Å². The molecule has 1 aromatic heterocycles. The van der Waals surface area contributed by atoms with Crippen molar-refractivity contribution in [2.45, 2.75) is 31.8 Å². The Bertz CT molecular complexity index is 1390. The highest BCUT2D eigenvalue weighted by Crippen LogP contribution is 2.35. The van der Waals surface area contributed by atoms with E-state index in [4.69, 9.17) is 27.9 Å². The van der Waals surface area contributed by atoms with Gasteiger partial charge in [-0.1, -0.05) is 23.2 Å². The van der Waals surface area contributed by atoms with Crippen molar-refractivity contribution < 1.29 is 19.4 Å². The Hall–Kier alpha value is -3.28. The summed E-state index contributed by atoms with van der Waals surface area (Å²) in [6.45, 7) is 0. The molecule has 0 bridgehead atoms. The van der Waals surface area contributed by atoms with Crippen LogP contribution in [0.1, 0.15) is 52.1 Å². The average Bonchev–Trinajstić information content (AvgIpc) is 3.45. The van der Waals surface area contributed by atoms with Gasteiger partial charge >= 0.3 is 5.97 Å². The van der Waals surface area contributed by atoms with Gasteiger partial charge in [0.1, 0.15) is 5.75 Å². The van der Waals surface area contributed by atoms with Gasteiger partial charge in [-0.25, -0.2) is 4.79 Å². The Labute approximate surface area is 206 Å². The summed E-state index contributed by atoms with van der Waals surface area (Å²) in [5, 5.41) is 11.0. The van der Waals surface area contributed by atoms with E-state index in [1.807, 2.05) is 24.3 Å². The number of carboxylic acid groups (broad SMARTS) is 1. The number of hydrogen-bond donors (Lipinski definition) is 1. The fourth-order valence-corrected chi connectivity index (χ4v) is 4.94. The van der Waals surface area contributed by atoms with Gasteiger partial charge in [0.05, 0.1) is 16.6 Å². The third kappa shape index (κ3) is 4.17. The molecule has 7 heteroatoms. The predicted molar refractivity (Wildman–Crippen MR) is 133 cm³/mol. The monoisotopic (exact) mass is 493 g/mol. The first kappa shape index (κ1) is 22.5. The maximum Gasteiger partial charge on any atom is 0.354 e. The zero-order valence-corrected chi connectivity index (χ0v) is 19.6. The van der Waals surface area contributed by atoms with Crippen LogP contribution in [-0.4, -0.2) is 27.5 Å². The molecule has 34 heavy (non-hydrogen) atoms. The van der Waals surface area contributed by atoms with Crippen molar-refractivity contribution in [2.24, 2.45) is 0 Å². The van der Waals surface area contributed by atoms with Crippen LogP contribution >= 0.6 is 23.2 Å². The molecule has 4 aromatic rings. The van der Waals surface area contributed by atoms with Gasteiger partial charge in [-0.05, 0) is 92.4 Å². The Balaban J connectivity index is 1.55. The van der Waals surface area contributed by atoms with Crippen LogP contribution in [0.3, 0.4) is 0 Å². The Morgan fingerprint density at radius 1 is 0.882 bits per heavy atom. The second-order valence-corrected chi connectivity index (χ2v) is 9.20. The lowest BCUT2D eigenvalue weighted by molar-refractivity contribution is 0.0688. The highest BCUT2D eigenvalue weighted by atomic mass is 35.5. The van der Waals surface area contributed by atoms with Gasteiger partial charge in [-0.3, -0.25) is 4.79 Å². The van der Waals surface area contributed by atoms with E-state index in [0.717, 1.165) is 18.6 Å². The number of carbonyl (C=O) groups is 2. The molecule has 1 aliphatic carbocycles. The molecule has 172 valence electrons. The molecule has 1 N–H and O–H groups in total. The van der Waals surface area contributed by atoms with Crippen LogP contribution in [0.25, 0.3) is 16.6 Å². The first-order valence-corrected chi connectivity index (χ1v) is 11.8. The molecule has 1 aliphatic rings. The number of ether oxygens (including phenoxy) is 1. The van der Waals surface area contributed by atoms with Crippen LogP contribution in [0.5, 0.6) is 5.75 Å². The lowest BCUT2D eigenvalue weighted by Gasteiger charge is -2.14. The van der Waals surface area contributed by atoms with E-state index in [0.29, 0.717) is 32.7 Å². The number of fused-ring (bicyclic) bond motifs is 1. The molecule has 1 fully saturated rings. The van der Waals surface area contributed by atoms with Crippen LogP contribution in [0, 0.1) is 0 Å². The molecule has 3 aromatic carbocycles. The summed E-state index contributed by atoms with van der Waals surface area (Å²) in [5.74, 6) is -0.600. The third-order valence-electron chi connectivity index (χ3n) is 6.18. The highest BCUT2D eigenvalue weighted by molar-refractivity contribution is 6.39. The van der Waals surface area contributed by atoms with Gasteiger partial charge < -0.3 is 14.4 Å².